The first-order valence-electron chi connectivity index (χ1n) is 10.2. The molecule has 0 bridgehead atoms. The van der Waals surface area contributed by atoms with Crippen LogP contribution in [0.4, 0.5) is 0 Å². The number of carbonyl (C=O) groups excluding carboxylic acids is 2. The van der Waals surface area contributed by atoms with Gasteiger partial charge in [0.15, 0.2) is 5.78 Å². The van der Waals surface area contributed by atoms with Gasteiger partial charge in [0, 0.05) is 60.1 Å². The Hall–Kier alpha value is -2.83. The van der Waals surface area contributed by atoms with Gasteiger partial charge in [0.05, 0.1) is 6.61 Å². The molecule has 1 amide bonds. The van der Waals surface area contributed by atoms with Crippen LogP contribution in [0.5, 0.6) is 0 Å². The van der Waals surface area contributed by atoms with Crippen molar-refractivity contribution >= 4 is 34.6 Å². The van der Waals surface area contributed by atoms with E-state index < -0.39 is 10.8 Å². The topological polar surface area (TPSA) is 63.7 Å². The molecule has 0 aliphatic carbocycles. The molecule has 1 heterocycles. The molecule has 0 radical (unpaired) electrons. The van der Waals surface area contributed by atoms with Crippen molar-refractivity contribution in [2.45, 2.75) is 6.42 Å². The number of likely N-dealkylation sites (tertiary alicyclic amines) is 1. The third-order valence-electron chi connectivity index (χ3n) is 5.00. The number of benzene rings is 2. The summed E-state index contributed by atoms with van der Waals surface area (Å²) in [5, 5.41) is 0. The highest BCUT2D eigenvalue weighted by Gasteiger charge is 2.29. The maximum atomic E-state index is 13.1. The third kappa shape index (κ3) is 6.84. The van der Waals surface area contributed by atoms with Gasteiger partial charge < -0.3 is 9.64 Å². The molecule has 2 aromatic carbocycles. The Morgan fingerprint density at radius 3 is 1.94 bits per heavy atom. The van der Waals surface area contributed by atoms with E-state index in [1.54, 1.807) is 12.0 Å². The zero-order valence-corrected chi connectivity index (χ0v) is 18.5. The molecule has 6 heteroatoms. The molecule has 1 unspecified atom stereocenters. The summed E-state index contributed by atoms with van der Waals surface area (Å²) < 4.78 is 17.0. The van der Waals surface area contributed by atoms with E-state index >= 15 is 0 Å². The van der Waals surface area contributed by atoms with Crippen molar-refractivity contribution < 1.29 is 18.5 Å². The van der Waals surface area contributed by atoms with Crippen LogP contribution < -0.4 is 0 Å². The average molecular weight is 438 g/mol. The molecule has 1 aliphatic heterocycles. The van der Waals surface area contributed by atoms with E-state index in [1.165, 1.54) is 0 Å². The van der Waals surface area contributed by atoms with Gasteiger partial charge in [0.1, 0.15) is 0 Å². The quantitative estimate of drug-likeness (QED) is 0.594. The number of carbonyl (C=O) groups is 2. The molecule has 1 saturated heterocycles. The van der Waals surface area contributed by atoms with Gasteiger partial charge in [-0.2, -0.15) is 0 Å². The zero-order chi connectivity index (χ0) is 22.1. The van der Waals surface area contributed by atoms with E-state index in [4.69, 9.17) is 4.74 Å². The zero-order valence-electron chi connectivity index (χ0n) is 17.7. The minimum atomic E-state index is -1.10. The molecule has 1 atom stereocenters. The predicted octanol–water partition coefficient (Wildman–Crippen LogP) is 3.35. The lowest BCUT2D eigenvalue weighted by atomic mass is 9.94. The molecule has 31 heavy (non-hydrogen) atoms. The van der Waals surface area contributed by atoms with Crippen LogP contribution in [0.1, 0.15) is 17.5 Å². The Morgan fingerprint density at radius 1 is 0.935 bits per heavy atom. The molecule has 2 aromatic rings. The van der Waals surface area contributed by atoms with Crippen molar-refractivity contribution in [1.82, 2.24) is 4.90 Å². The van der Waals surface area contributed by atoms with Crippen LogP contribution >= 0.6 is 0 Å². The summed E-state index contributed by atoms with van der Waals surface area (Å²) in [6.07, 6.45) is 3.87. The lowest BCUT2D eigenvalue weighted by molar-refractivity contribution is -0.130. The monoisotopic (exact) mass is 437 g/mol. The number of rotatable bonds is 8. The number of piperidine rings is 1. The number of ether oxygens (including phenoxy) is 1. The molecule has 1 aliphatic rings. The second-order valence-corrected chi connectivity index (χ2v) is 9.03. The highest BCUT2D eigenvalue weighted by atomic mass is 32.2. The molecule has 0 aromatic heterocycles. The van der Waals surface area contributed by atoms with Gasteiger partial charge in [-0.25, -0.2) is 0 Å². The normalized spacial score (nSPS) is 17.8. The van der Waals surface area contributed by atoms with Crippen molar-refractivity contribution in [3.63, 3.8) is 0 Å². The molecular formula is C25H27NO4S. The second kappa shape index (κ2) is 11.5. The van der Waals surface area contributed by atoms with Crippen LogP contribution in [0.2, 0.25) is 0 Å². The molecule has 5 nitrogen and oxygen atoms in total. The van der Waals surface area contributed by atoms with Crippen LogP contribution in [-0.2, 0) is 25.1 Å². The van der Waals surface area contributed by atoms with E-state index in [0.29, 0.717) is 29.3 Å². The summed E-state index contributed by atoms with van der Waals surface area (Å²) in [5.74, 6) is 0.569. The smallest absolute Gasteiger partial charge is 0.224 e. The molecule has 0 saturated carbocycles. The second-order valence-electron chi connectivity index (χ2n) is 7.33. The molecule has 1 fully saturated rings. The summed E-state index contributed by atoms with van der Waals surface area (Å²) >= 11 is 0. The summed E-state index contributed by atoms with van der Waals surface area (Å²) in [7, 11) is 0.463. The van der Waals surface area contributed by atoms with Crippen LogP contribution in [0.25, 0.3) is 12.2 Å². The highest BCUT2D eigenvalue weighted by molar-refractivity contribution is 7.85. The average Bonchev–Trinajstić information content (AvgIpc) is 2.80. The Kier molecular flexibility index (Phi) is 8.50. The summed E-state index contributed by atoms with van der Waals surface area (Å²) in [5.41, 5.74) is 2.99. The lowest BCUT2D eigenvalue weighted by Crippen LogP contribution is -2.42. The van der Waals surface area contributed by atoms with Crippen LogP contribution in [0.3, 0.4) is 0 Å². The van der Waals surface area contributed by atoms with Crippen molar-refractivity contribution in [2.75, 3.05) is 38.3 Å². The maximum Gasteiger partial charge on any atom is 0.224 e. The van der Waals surface area contributed by atoms with Gasteiger partial charge in [-0.3, -0.25) is 13.8 Å². The number of ketones is 1. The Bertz CT molecular complexity index is 922. The van der Waals surface area contributed by atoms with Gasteiger partial charge >= 0.3 is 0 Å². The summed E-state index contributed by atoms with van der Waals surface area (Å²) in [4.78, 5) is 27.7. The van der Waals surface area contributed by atoms with Crippen LogP contribution in [0.15, 0.2) is 71.8 Å². The van der Waals surface area contributed by atoms with E-state index in [-0.39, 0.29) is 31.2 Å². The van der Waals surface area contributed by atoms with Crippen LogP contribution in [0, 0.1) is 0 Å². The number of methoxy groups -OCH3 is 1. The lowest BCUT2D eigenvalue weighted by Gasteiger charge is -2.30. The van der Waals surface area contributed by atoms with Gasteiger partial charge in [-0.1, -0.05) is 60.7 Å². The number of amides is 1. The molecule has 0 N–H and O–H groups in total. The number of nitrogens with zero attached hydrogens (tertiary/aromatic N) is 1. The first kappa shape index (κ1) is 22.8. The van der Waals surface area contributed by atoms with Crippen molar-refractivity contribution in [3.05, 3.63) is 82.9 Å². The number of Topliss-reactive ketones (excluding diaryl/α,β-unsaturated/α-hetero) is 1. The Morgan fingerprint density at radius 2 is 1.45 bits per heavy atom. The fraction of sp³-hybridized carbons (Fsp3) is 0.280. The van der Waals surface area contributed by atoms with E-state index in [1.807, 2.05) is 72.8 Å². The predicted molar refractivity (Wildman–Crippen MR) is 125 cm³/mol. The Balaban J connectivity index is 1.81. The Labute approximate surface area is 185 Å². The fourth-order valence-electron chi connectivity index (χ4n) is 3.35. The van der Waals surface area contributed by atoms with Crippen molar-refractivity contribution in [3.8, 4) is 0 Å². The molecular weight excluding hydrogens is 410 g/mol. The summed E-state index contributed by atoms with van der Waals surface area (Å²) in [6.45, 7) is 0.916. The minimum absolute atomic E-state index is 0.0413. The highest BCUT2D eigenvalue weighted by Crippen LogP contribution is 2.22. The maximum absolute atomic E-state index is 13.1. The largest absolute Gasteiger partial charge is 0.384 e. The standard InChI is InChI=1S/C25H27NO4S/c1-30-13-15-31(29)14-12-24(27)26-18-22(16-20-8-4-2-5-9-20)25(28)23(19-26)17-21-10-6-3-7-11-21/h2-11,16-17H,12-15,18-19H2,1H3/b22-16+,23-17+. The van der Waals surface area contributed by atoms with Crippen molar-refractivity contribution in [1.29, 1.82) is 0 Å². The van der Waals surface area contributed by atoms with Gasteiger partial charge in [-0.05, 0) is 23.3 Å². The molecule has 0 spiro atoms. The minimum Gasteiger partial charge on any atom is -0.384 e. The van der Waals surface area contributed by atoms with E-state index in [0.717, 1.165) is 11.1 Å². The third-order valence-corrected chi connectivity index (χ3v) is 6.28. The first-order chi connectivity index (χ1) is 15.1. The van der Waals surface area contributed by atoms with Gasteiger partial charge in [0.2, 0.25) is 5.91 Å². The van der Waals surface area contributed by atoms with Crippen LogP contribution in [-0.4, -0.2) is 59.1 Å². The van der Waals surface area contributed by atoms with Gasteiger partial charge in [0.25, 0.3) is 0 Å². The number of hydrogen-bond acceptors (Lipinski definition) is 4. The SMILES string of the molecule is COCCS(=O)CCC(=O)N1C/C(=C\c2ccccc2)C(=O)/C(=C/c2ccccc2)C1. The molecule has 162 valence electrons. The first-order valence-corrected chi connectivity index (χ1v) is 11.7. The van der Waals surface area contributed by atoms with E-state index in [9.17, 15) is 13.8 Å². The van der Waals surface area contributed by atoms with Crippen molar-refractivity contribution in [2.24, 2.45) is 0 Å². The van der Waals surface area contributed by atoms with E-state index in [2.05, 4.69) is 0 Å². The number of hydrogen-bond donors (Lipinski definition) is 0. The molecule has 3 rings (SSSR count). The summed E-state index contributed by atoms with van der Waals surface area (Å²) in [6, 6.07) is 19.2. The van der Waals surface area contributed by atoms with Gasteiger partial charge in [-0.15, -0.1) is 0 Å². The fourth-order valence-corrected chi connectivity index (χ4v) is 4.31.